The van der Waals surface area contributed by atoms with Crippen LogP contribution >= 0.6 is 23.2 Å². The summed E-state index contributed by atoms with van der Waals surface area (Å²) >= 11 is 11.4. The fourth-order valence-corrected chi connectivity index (χ4v) is 1.93. The Balaban J connectivity index is 2.08. The lowest BCUT2D eigenvalue weighted by atomic mass is 10.1. The van der Waals surface area contributed by atoms with Crippen LogP contribution in [0.2, 0.25) is 10.2 Å². The number of hydrogen-bond donors (Lipinski definition) is 0. The van der Waals surface area contributed by atoms with Crippen LogP contribution in [-0.4, -0.2) is 22.8 Å². The van der Waals surface area contributed by atoms with Crippen molar-refractivity contribution in [3.8, 4) is 0 Å². The molecule has 2 aromatic rings. The van der Waals surface area contributed by atoms with E-state index >= 15 is 0 Å². The molecule has 0 spiro atoms. The quantitative estimate of drug-likeness (QED) is 0.480. The molecule has 0 radical (unpaired) electrons. The third-order valence-corrected chi connectivity index (χ3v) is 3.50. The molecule has 114 valence electrons. The van der Waals surface area contributed by atoms with Gasteiger partial charge in [-0.05, 0) is 37.3 Å². The van der Waals surface area contributed by atoms with Crippen molar-refractivity contribution in [2.75, 3.05) is 0 Å². The molecule has 0 N–H and O–H groups in total. The van der Waals surface area contributed by atoms with E-state index in [9.17, 15) is 14.0 Å². The van der Waals surface area contributed by atoms with E-state index in [4.69, 9.17) is 27.9 Å². The van der Waals surface area contributed by atoms with Crippen molar-refractivity contribution in [1.29, 1.82) is 0 Å². The van der Waals surface area contributed by atoms with Crippen LogP contribution in [0.3, 0.4) is 0 Å². The molecular weight excluding hydrogens is 332 g/mol. The Bertz CT molecular complexity index is 719. The Hall–Kier alpha value is -1.98. The smallest absolute Gasteiger partial charge is 0.340 e. The van der Waals surface area contributed by atoms with Crippen LogP contribution in [0.15, 0.2) is 36.5 Å². The minimum Gasteiger partial charge on any atom is -0.451 e. The molecule has 7 heteroatoms. The van der Waals surface area contributed by atoms with E-state index in [1.54, 1.807) is 0 Å². The van der Waals surface area contributed by atoms with E-state index in [1.165, 1.54) is 31.3 Å². The standard InChI is InChI=1S/C15H10Cl2FNO3/c1-8(13(20)9-2-4-11(18)5-3-9)22-15(21)10-6-12(16)14(17)19-7-10/h2-8H,1H3/t8-/m0/s1. The lowest BCUT2D eigenvalue weighted by Gasteiger charge is -2.12. The number of halogens is 3. The zero-order chi connectivity index (χ0) is 16.3. The van der Waals surface area contributed by atoms with Crippen molar-refractivity contribution < 1.29 is 18.7 Å². The molecule has 0 saturated heterocycles. The summed E-state index contributed by atoms with van der Waals surface area (Å²) in [5.41, 5.74) is 0.321. The summed E-state index contributed by atoms with van der Waals surface area (Å²) in [6, 6.07) is 6.26. The normalized spacial score (nSPS) is 11.8. The molecular formula is C15H10Cl2FNO3. The van der Waals surface area contributed by atoms with Gasteiger partial charge >= 0.3 is 5.97 Å². The average molecular weight is 342 g/mol. The van der Waals surface area contributed by atoms with Crippen molar-refractivity contribution in [2.45, 2.75) is 13.0 Å². The predicted molar refractivity (Wildman–Crippen MR) is 79.9 cm³/mol. The van der Waals surface area contributed by atoms with Gasteiger partial charge < -0.3 is 4.74 Å². The van der Waals surface area contributed by atoms with Gasteiger partial charge in [-0.2, -0.15) is 0 Å². The van der Waals surface area contributed by atoms with Crippen LogP contribution in [0, 0.1) is 5.82 Å². The third kappa shape index (κ3) is 3.81. The van der Waals surface area contributed by atoms with E-state index < -0.39 is 23.7 Å². The van der Waals surface area contributed by atoms with Gasteiger partial charge in [0.25, 0.3) is 0 Å². The highest BCUT2D eigenvalue weighted by atomic mass is 35.5. The second-order valence-corrected chi connectivity index (χ2v) is 5.18. The number of carbonyl (C=O) groups excluding carboxylic acids is 2. The highest BCUT2D eigenvalue weighted by Gasteiger charge is 2.21. The lowest BCUT2D eigenvalue weighted by Crippen LogP contribution is -2.24. The van der Waals surface area contributed by atoms with Gasteiger partial charge in [-0.3, -0.25) is 4.79 Å². The number of nitrogens with zero attached hydrogens (tertiary/aromatic N) is 1. The molecule has 0 unspecified atom stereocenters. The Kier molecular flexibility index (Phi) is 5.11. The monoisotopic (exact) mass is 341 g/mol. The molecule has 0 aliphatic rings. The summed E-state index contributed by atoms with van der Waals surface area (Å²) in [6.45, 7) is 1.43. The molecule has 22 heavy (non-hydrogen) atoms. The maximum absolute atomic E-state index is 12.8. The molecule has 0 fully saturated rings. The van der Waals surface area contributed by atoms with E-state index in [-0.39, 0.29) is 21.3 Å². The molecule has 0 bridgehead atoms. The Morgan fingerprint density at radius 1 is 1.18 bits per heavy atom. The van der Waals surface area contributed by atoms with Crippen LogP contribution in [0.5, 0.6) is 0 Å². The number of hydrogen-bond acceptors (Lipinski definition) is 4. The fraction of sp³-hybridized carbons (Fsp3) is 0.133. The minimum absolute atomic E-state index is 0.0636. The van der Waals surface area contributed by atoms with E-state index in [1.807, 2.05) is 0 Å². The van der Waals surface area contributed by atoms with Crippen molar-refractivity contribution >= 4 is 35.0 Å². The number of pyridine rings is 1. The number of ether oxygens (including phenoxy) is 1. The highest BCUT2D eigenvalue weighted by molar-refractivity contribution is 6.41. The van der Waals surface area contributed by atoms with Crippen molar-refractivity contribution in [1.82, 2.24) is 4.98 Å². The van der Waals surface area contributed by atoms with E-state index in [0.29, 0.717) is 0 Å². The summed E-state index contributed by atoms with van der Waals surface area (Å²) in [4.78, 5) is 27.7. The Labute approximate surface area is 135 Å². The lowest BCUT2D eigenvalue weighted by molar-refractivity contribution is 0.0318. The predicted octanol–water partition coefficient (Wildman–Crippen LogP) is 3.96. The number of ketones is 1. The number of aromatic nitrogens is 1. The second-order valence-electron chi connectivity index (χ2n) is 4.42. The summed E-state index contributed by atoms with van der Waals surface area (Å²) in [6.07, 6.45) is 0.165. The van der Waals surface area contributed by atoms with Crippen LogP contribution in [0.1, 0.15) is 27.6 Å². The first-order valence-electron chi connectivity index (χ1n) is 6.20. The molecule has 0 aliphatic heterocycles. The van der Waals surface area contributed by atoms with Crippen molar-refractivity contribution in [3.63, 3.8) is 0 Å². The molecule has 1 aromatic carbocycles. The number of benzene rings is 1. The molecule has 0 saturated carbocycles. The van der Waals surface area contributed by atoms with Crippen LogP contribution in [0.25, 0.3) is 0 Å². The van der Waals surface area contributed by atoms with Gasteiger partial charge in [0.05, 0.1) is 10.6 Å². The molecule has 4 nitrogen and oxygen atoms in total. The van der Waals surface area contributed by atoms with Crippen molar-refractivity contribution in [3.05, 3.63) is 63.6 Å². The summed E-state index contributed by atoms with van der Waals surface area (Å²) < 4.78 is 17.9. The fourth-order valence-electron chi connectivity index (χ4n) is 1.66. The maximum atomic E-state index is 12.8. The minimum atomic E-state index is -1.03. The molecule has 1 atom stereocenters. The van der Waals surface area contributed by atoms with Gasteiger partial charge in [0.1, 0.15) is 11.0 Å². The number of Topliss-reactive ketones (excluding diaryl/α,β-unsaturated/α-hetero) is 1. The van der Waals surface area contributed by atoms with Crippen LogP contribution in [-0.2, 0) is 4.74 Å². The zero-order valence-electron chi connectivity index (χ0n) is 11.3. The number of rotatable bonds is 4. The number of esters is 1. The van der Waals surface area contributed by atoms with Gasteiger partial charge in [0.15, 0.2) is 6.10 Å². The SMILES string of the molecule is C[C@H](OC(=O)c1cnc(Cl)c(Cl)c1)C(=O)c1ccc(F)cc1. The van der Waals surface area contributed by atoms with Crippen LogP contribution in [0.4, 0.5) is 4.39 Å². The van der Waals surface area contributed by atoms with E-state index in [2.05, 4.69) is 4.98 Å². The first-order chi connectivity index (χ1) is 10.4. The largest absolute Gasteiger partial charge is 0.451 e. The topological polar surface area (TPSA) is 56.3 Å². The third-order valence-electron chi connectivity index (χ3n) is 2.81. The first kappa shape index (κ1) is 16.4. The van der Waals surface area contributed by atoms with E-state index in [0.717, 1.165) is 12.1 Å². The summed E-state index contributed by atoms with van der Waals surface area (Å²) in [7, 11) is 0. The van der Waals surface area contributed by atoms with Gasteiger partial charge in [-0.25, -0.2) is 14.2 Å². The van der Waals surface area contributed by atoms with Crippen LogP contribution < -0.4 is 0 Å². The van der Waals surface area contributed by atoms with Gasteiger partial charge in [-0.1, -0.05) is 23.2 Å². The summed E-state index contributed by atoms with van der Waals surface area (Å²) in [5, 5.41) is 0.169. The van der Waals surface area contributed by atoms with Crippen molar-refractivity contribution in [2.24, 2.45) is 0 Å². The highest BCUT2D eigenvalue weighted by Crippen LogP contribution is 2.20. The molecule has 2 rings (SSSR count). The number of carbonyl (C=O) groups is 2. The Morgan fingerprint density at radius 3 is 2.41 bits per heavy atom. The summed E-state index contributed by atoms with van der Waals surface area (Å²) in [5.74, 6) is -1.65. The van der Waals surface area contributed by atoms with Gasteiger partial charge in [0, 0.05) is 11.8 Å². The molecule has 1 heterocycles. The second kappa shape index (κ2) is 6.85. The first-order valence-corrected chi connectivity index (χ1v) is 6.96. The maximum Gasteiger partial charge on any atom is 0.340 e. The Morgan fingerprint density at radius 2 is 1.82 bits per heavy atom. The van der Waals surface area contributed by atoms with Gasteiger partial charge in [-0.15, -0.1) is 0 Å². The average Bonchev–Trinajstić information content (AvgIpc) is 2.50. The molecule has 1 aromatic heterocycles. The molecule has 0 amide bonds. The molecule has 0 aliphatic carbocycles. The van der Waals surface area contributed by atoms with Gasteiger partial charge in [0.2, 0.25) is 5.78 Å². The zero-order valence-corrected chi connectivity index (χ0v) is 12.9.